The van der Waals surface area contributed by atoms with E-state index >= 15 is 0 Å². The molecule has 1 aromatic heterocycles. The first kappa shape index (κ1) is 16.9. The maximum atomic E-state index is 12.4. The smallest absolute Gasteiger partial charge is 0.272 e. The highest BCUT2D eigenvalue weighted by Crippen LogP contribution is 2.19. The van der Waals surface area contributed by atoms with Crippen molar-refractivity contribution >= 4 is 26.8 Å². The summed E-state index contributed by atoms with van der Waals surface area (Å²) in [5.41, 5.74) is 2.27. The van der Waals surface area contributed by atoms with Crippen molar-refractivity contribution < 1.29 is 13.2 Å². The highest BCUT2D eigenvalue weighted by molar-refractivity contribution is 7.88. The SMILES string of the molecule is Cc1ccc2[nH]nc(C(=O)NCC3CCCN(S(C)(=O)=O)C3)c2c1. The Hall–Kier alpha value is -1.93. The lowest BCUT2D eigenvalue weighted by Gasteiger charge is -2.30. The summed E-state index contributed by atoms with van der Waals surface area (Å²) in [6, 6.07) is 5.79. The predicted octanol–water partition coefficient (Wildman–Crippen LogP) is 1.27. The van der Waals surface area contributed by atoms with E-state index in [0.29, 0.717) is 25.3 Å². The topological polar surface area (TPSA) is 95.2 Å². The van der Waals surface area contributed by atoms with Crippen LogP contribution >= 0.6 is 0 Å². The summed E-state index contributed by atoms with van der Waals surface area (Å²) in [5.74, 6) is -0.104. The average Bonchev–Trinajstić information content (AvgIpc) is 2.95. The third-order valence-electron chi connectivity index (χ3n) is 4.44. The Kier molecular flexibility index (Phi) is 4.60. The molecule has 2 heterocycles. The van der Waals surface area contributed by atoms with Crippen LogP contribution in [-0.4, -0.2) is 54.7 Å². The largest absolute Gasteiger partial charge is 0.350 e. The molecule has 2 N–H and O–H groups in total. The van der Waals surface area contributed by atoms with Crippen LogP contribution in [0.2, 0.25) is 0 Å². The fourth-order valence-electron chi connectivity index (χ4n) is 3.12. The van der Waals surface area contributed by atoms with Gasteiger partial charge in [0.05, 0.1) is 11.8 Å². The first-order chi connectivity index (χ1) is 11.3. The number of hydrogen-bond acceptors (Lipinski definition) is 4. The van der Waals surface area contributed by atoms with Crippen molar-refractivity contribution in [1.82, 2.24) is 19.8 Å². The molecule has 1 atom stereocenters. The molecule has 2 aromatic rings. The Morgan fingerprint density at radius 3 is 3.00 bits per heavy atom. The number of nitrogens with zero attached hydrogens (tertiary/aromatic N) is 2. The second-order valence-corrected chi connectivity index (χ2v) is 8.44. The zero-order valence-corrected chi connectivity index (χ0v) is 14.7. The monoisotopic (exact) mass is 350 g/mol. The number of nitrogens with one attached hydrogen (secondary N) is 2. The van der Waals surface area contributed by atoms with E-state index in [1.807, 2.05) is 25.1 Å². The minimum Gasteiger partial charge on any atom is -0.350 e. The fraction of sp³-hybridized carbons (Fsp3) is 0.500. The zero-order valence-electron chi connectivity index (χ0n) is 13.9. The van der Waals surface area contributed by atoms with E-state index < -0.39 is 10.0 Å². The van der Waals surface area contributed by atoms with Crippen molar-refractivity contribution in [3.05, 3.63) is 29.5 Å². The van der Waals surface area contributed by atoms with Crippen LogP contribution in [0, 0.1) is 12.8 Å². The van der Waals surface area contributed by atoms with E-state index in [4.69, 9.17) is 0 Å². The fourth-order valence-corrected chi connectivity index (χ4v) is 4.06. The lowest BCUT2D eigenvalue weighted by molar-refractivity contribution is 0.0938. The van der Waals surface area contributed by atoms with Crippen molar-refractivity contribution in [2.75, 3.05) is 25.9 Å². The van der Waals surface area contributed by atoms with E-state index in [-0.39, 0.29) is 11.8 Å². The summed E-state index contributed by atoms with van der Waals surface area (Å²) in [5, 5.41) is 10.7. The molecule has 24 heavy (non-hydrogen) atoms. The van der Waals surface area contributed by atoms with Crippen LogP contribution in [0.3, 0.4) is 0 Å². The minimum absolute atomic E-state index is 0.129. The van der Waals surface area contributed by atoms with Crippen LogP contribution in [0.1, 0.15) is 28.9 Å². The molecule has 1 aromatic carbocycles. The van der Waals surface area contributed by atoms with Gasteiger partial charge in [0, 0.05) is 25.0 Å². The van der Waals surface area contributed by atoms with Gasteiger partial charge in [-0.2, -0.15) is 5.10 Å². The molecule has 1 saturated heterocycles. The Labute approximate surface area is 141 Å². The van der Waals surface area contributed by atoms with Crippen LogP contribution in [-0.2, 0) is 10.0 Å². The number of H-pyrrole nitrogens is 1. The van der Waals surface area contributed by atoms with E-state index in [0.717, 1.165) is 29.3 Å². The van der Waals surface area contributed by atoms with E-state index in [1.165, 1.54) is 10.6 Å². The van der Waals surface area contributed by atoms with Gasteiger partial charge >= 0.3 is 0 Å². The van der Waals surface area contributed by atoms with Gasteiger partial charge in [0.2, 0.25) is 10.0 Å². The number of carbonyl (C=O) groups is 1. The van der Waals surface area contributed by atoms with Gasteiger partial charge in [-0.1, -0.05) is 11.6 Å². The van der Waals surface area contributed by atoms with Crippen LogP contribution in [0.25, 0.3) is 10.9 Å². The maximum Gasteiger partial charge on any atom is 0.272 e. The molecule has 1 fully saturated rings. The van der Waals surface area contributed by atoms with Crippen LogP contribution in [0.5, 0.6) is 0 Å². The number of aromatic amines is 1. The van der Waals surface area contributed by atoms with Gasteiger partial charge in [-0.15, -0.1) is 0 Å². The molecular weight excluding hydrogens is 328 g/mol. The second-order valence-electron chi connectivity index (χ2n) is 6.46. The molecule has 0 saturated carbocycles. The van der Waals surface area contributed by atoms with Crippen molar-refractivity contribution in [2.24, 2.45) is 5.92 Å². The van der Waals surface area contributed by atoms with E-state index in [1.54, 1.807) is 0 Å². The van der Waals surface area contributed by atoms with E-state index in [9.17, 15) is 13.2 Å². The predicted molar refractivity (Wildman–Crippen MR) is 92.3 cm³/mol. The minimum atomic E-state index is -3.17. The quantitative estimate of drug-likeness (QED) is 0.868. The Bertz CT molecular complexity index is 859. The van der Waals surface area contributed by atoms with Crippen molar-refractivity contribution in [3.8, 4) is 0 Å². The van der Waals surface area contributed by atoms with Crippen LogP contribution < -0.4 is 5.32 Å². The van der Waals surface area contributed by atoms with Gasteiger partial charge in [0.15, 0.2) is 5.69 Å². The summed E-state index contributed by atoms with van der Waals surface area (Å²) in [6.45, 7) is 3.44. The van der Waals surface area contributed by atoms with Crippen molar-refractivity contribution in [2.45, 2.75) is 19.8 Å². The average molecular weight is 350 g/mol. The molecule has 1 amide bonds. The Balaban J connectivity index is 1.66. The number of benzene rings is 1. The Morgan fingerprint density at radius 2 is 2.25 bits per heavy atom. The summed E-state index contributed by atoms with van der Waals surface area (Å²) < 4.78 is 24.8. The third-order valence-corrected chi connectivity index (χ3v) is 5.71. The van der Waals surface area contributed by atoms with Gasteiger partial charge in [0.25, 0.3) is 5.91 Å². The molecule has 1 aliphatic heterocycles. The molecule has 1 unspecified atom stereocenters. The van der Waals surface area contributed by atoms with Gasteiger partial charge in [0.1, 0.15) is 0 Å². The summed E-state index contributed by atoms with van der Waals surface area (Å²) in [6.07, 6.45) is 2.96. The molecule has 1 aliphatic rings. The number of rotatable bonds is 4. The number of aryl methyl sites for hydroxylation is 1. The molecule has 0 radical (unpaired) electrons. The summed E-state index contributed by atoms with van der Waals surface area (Å²) in [4.78, 5) is 12.4. The first-order valence-electron chi connectivity index (χ1n) is 8.02. The molecule has 3 rings (SSSR count). The Morgan fingerprint density at radius 1 is 1.46 bits per heavy atom. The lowest BCUT2D eigenvalue weighted by atomic mass is 9.99. The molecule has 8 heteroatoms. The van der Waals surface area contributed by atoms with Crippen molar-refractivity contribution in [1.29, 1.82) is 0 Å². The number of aromatic nitrogens is 2. The lowest BCUT2D eigenvalue weighted by Crippen LogP contribution is -2.43. The van der Waals surface area contributed by atoms with Crippen molar-refractivity contribution in [3.63, 3.8) is 0 Å². The number of hydrogen-bond donors (Lipinski definition) is 2. The molecule has 0 spiro atoms. The number of sulfonamides is 1. The molecule has 7 nitrogen and oxygen atoms in total. The molecule has 130 valence electrons. The third kappa shape index (κ3) is 3.59. The second kappa shape index (κ2) is 6.52. The van der Waals surface area contributed by atoms with Gasteiger partial charge < -0.3 is 5.32 Å². The highest BCUT2D eigenvalue weighted by atomic mass is 32.2. The van der Waals surface area contributed by atoms with Gasteiger partial charge in [-0.05, 0) is 37.8 Å². The van der Waals surface area contributed by atoms with Crippen LogP contribution in [0.15, 0.2) is 18.2 Å². The summed E-state index contributed by atoms with van der Waals surface area (Å²) >= 11 is 0. The number of piperidine rings is 1. The van der Waals surface area contributed by atoms with Crippen LogP contribution in [0.4, 0.5) is 0 Å². The van der Waals surface area contributed by atoms with Gasteiger partial charge in [-0.3, -0.25) is 9.89 Å². The zero-order chi connectivity index (χ0) is 17.3. The summed E-state index contributed by atoms with van der Waals surface area (Å²) in [7, 11) is -3.17. The number of carbonyl (C=O) groups excluding carboxylic acids is 1. The number of amides is 1. The molecule has 0 bridgehead atoms. The van der Waals surface area contributed by atoms with E-state index in [2.05, 4.69) is 15.5 Å². The van der Waals surface area contributed by atoms with Gasteiger partial charge in [-0.25, -0.2) is 12.7 Å². The molecule has 0 aliphatic carbocycles. The standard InChI is InChI=1S/C16H22N4O3S/c1-11-5-6-14-13(8-11)15(19-18-14)16(21)17-9-12-4-3-7-20(10-12)24(2,22)23/h5-6,8,12H,3-4,7,9-10H2,1-2H3,(H,17,21)(H,18,19). The highest BCUT2D eigenvalue weighted by Gasteiger charge is 2.26. The normalized spacial score (nSPS) is 19.5. The molecular formula is C16H22N4O3S. The maximum absolute atomic E-state index is 12.4. The first-order valence-corrected chi connectivity index (χ1v) is 9.87. The number of fused-ring (bicyclic) bond motifs is 1.